The standard InChI is InChI=1S/C22H18N2O3/c25-22(23-13-12-19-10-11-20(24(26)27)15-21(19)23)14-16-6-8-18(9-7-16)17-4-2-1-3-5-17/h1-11,15H,12-14H2. The number of nitrogens with zero attached hydrogens (tertiary/aromatic N) is 2. The summed E-state index contributed by atoms with van der Waals surface area (Å²) in [6.45, 7) is 0.567. The molecule has 1 amide bonds. The molecule has 27 heavy (non-hydrogen) atoms. The Bertz CT molecular complexity index is 998. The minimum absolute atomic E-state index is 0.0145. The molecule has 4 rings (SSSR count). The molecule has 0 radical (unpaired) electrons. The van der Waals surface area contributed by atoms with E-state index in [1.165, 1.54) is 12.1 Å². The third-order valence-electron chi connectivity index (χ3n) is 4.89. The maximum atomic E-state index is 12.8. The number of hydrogen-bond donors (Lipinski definition) is 0. The Balaban J connectivity index is 1.51. The number of benzene rings is 3. The molecule has 0 bridgehead atoms. The number of nitro benzene ring substituents is 1. The first-order chi connectivity index (χ1) is 13.1. The van der Waals surface area contributed by atoms with Crippen molar-refractivity contribution in [3.63, 3.8) is 0 Å². The van der Waals surface area contributed by atoms with Crippen LogP contribution in [-0.4, -0.2) is 17.4 Å². The van der Waals surface area contributed by atoms with E-state index in [1.807, 2.05) is 54.6 Å². The molecule has 1 aliphatic heterocycles. The molecule has 0 atom stereocenters. The van der Waals surface area contributed by atoms with Crippen molar-refractivity contribution in [2.24, 2.45) is 0 Å². The molecule has 5 nitrogen and oxygen atoms in total. The van der Waals surface area contributed by atoms with Crippen molar-refractivity contribution in [1.82, 2.24) is 0 Å². The average Bonchev–Trinajstić information content (AvgIpc) is 3.12. The van der Waals surface area contributed by atoms with Crippen LogP contribution in [0.3, 0.4) is 0 Å². The summed E-state index contributed by atoms with van der Waals surface area (Å²) in [5, 5.41) is 11.0. The lowest BCUT2D eigenvalue weighted by atomic mass is 10.0. The van der Waals surface area contributed by atoms with E-state index in [4.69, 9.17) is 0 Å². The van der Waals surface area contributed by atoms with E-state index in [0.29, 0.717) is 12.2 Å². The van der Waals surface area contributed by atoms with Crippen molar-refractivity contribution in [3.8, 4) is 11.1 Å². The molecule has 0 N–H and O–H groups in total. The highest BCUT2D eigenvalue weighted by atomic mass is 16.6. The van der Waals surface area contributed by atoms with Crippen molar-refractivity contribution < 1.29 is 9.72 Å². The van der Waals surface area contributed by atoms with Gasteiger partial charge in [-0.3, -0.25) is 14.9 Å². The number of hydrogen-bond acceptors (Lipinski definition) is 3. The van der Waals surface area contributed by atoms with Crippen LogP contribution in [0.25, 0.3) is 11.1 Å². The first-order valence-corrected chi connectivity index (χ1v) is 8.84. The zero-order valence-electron chi connectivity index (χ0n) is 14.7. The molecule has 134 valence electrons. The van der Waals surface area contributed by atoms with E-state index < -0.39 is 4.92 Å². The summed E-state index contributed by atoms with van der Waals surface area (Å²) in [4.78, 5) is 25.0. The predicted octanol–water partition coefficient (Wildman–Crippen LogP) is 4.39. The van der Waals surface area contributed by atoms with Gasteiger partial charge >= 0.3 is 0 Å². The highest BCUT2D eigenvalue weighted by Gasteiger charge is 2.26. The van der Waals surface area contributed by atoms with Gasteiger partial charge < -0.3 is 4.90 Å². The van der Waals surface area contributed by atoms with Crippen LogP contribution in [0.2, 0.25) is 0 Å². The zero-order chi connectivity index (χ0) is 18.8. The normalized spacial score (nSPS) is 12.7. The van der Waals surface area contributed by atoms with Crippen LogP contribution in [0.4, 0.5) is 11.4 Å². The lowest BCUT2D eigenvalue weighted by molar-refractivity contribution is -0.384. The number of carbonyl (C=O) groups excluding carboxylic acids is 1. The third kappa shape index (κ3) is 3.44. The SMILES string of the molecule is O=C(Cc1ccc(-c2ccccc2)cc1)N1CCc2ccc([N+](=O)[O-])cc21. The quantitative estimate of drug-likeness (QED) is 0.513. The van der Waals surface area contributed by atoms with Crippen LogP contribution in [0.5, 0.6) is 0 Å². The van der Waals surface area contributed by atoms with Gasteiger partial charge in [-0.05, 0) is 28.7 Å². The van der Waals surface area contributed by atoms with Crippen molar-refractivity contribution >= 4 is 17.3 Å². The highest BCUT2D eigenvalue weighted by Crippen LogP contribution is 2.32. The molecule has 5 heteroatoms. The Morgan fingerprint density at radius 1 is 0.963 bits per heavy atom. The van der Waals surface area contributed by atoms with Gasteiger partial charge in [-0.25, -0.2) is 0 Å². The van der Waals surface area contributed by atoms with Crippen LogP contribution >= 0.6 is 0 Å². The summed E-state index contributed by atoms with van der Waals surface area (Å²) in [6, 6.07) is 22.8. The van der Waals surface area contributed by atoms with Crippen LogP contribution in [0, 0.1) is 10.1 Å². The maximum absolute atomic E-state index is 12.8. The lowest BCUT2D eigenvalue weighted by Gasteiger charge is -2.17. The smallest absolute Gasteiger partial charge is 0.271 e. The van der Waals surface area contributed by atoms with Crippen LogP contribution < -0.4 is 4.90 Å². The average molecular weight is 358 g/mol. The number of rotatable bonds is 4. The van der Waals surface area contributed by atoms with E-state index in [9.17, 15) is 14.9 Å². The fraction of sp³-hybridized carbons (Fsp3) is 0.136. The molecule has 0 spiro atoms. The molecular weight excluding hydrogens is 340 g/mol. The van der Waals surface area contributed by atoms with Crippen molar-refractivity contribution in [2.75, 3.05) is 11.4 Å². The number of carbonyl (C=O) groups is 1. The summed E-state index contributed by atoms with van der Waals surface area (Å²) in [5.74, 6) is -0.0401. The molecule has 0 unspecified atom stereocenters. The van der Waals surface area contributed by atoms with Crippen molar-refractivity contribution in [1.29, 1.82) is 0 Å². The first-order valence-electron chi connectivity index (χ1n) is 8.84. The second-order valence-electron chi connectivity index (χ2n) is 6.61. The predicted molar refractivity (Wildman–Crippen MR) is 105 cm³/mol. The Labute approximate surface area is 157 Å². The summed E-state index contributed by atoms with van der Waals surface area (Å²) >= 11 is 0. The second kappa shape index (κ2) is 7.03. The Hall–Kier alpha value is -3.47. The number of non-ortho nitro benzene ring substituents is 1. The molecule has 0 saturated heterocycles. The maximum Gasteiger partial charge on any atom is 0.271 e. The molecule has 0 aromatic heterocycles. The molecule has 0 fully saturated rings. The fourth-order valence-corrected chi connectivity index (χ4v) is 3.46. The topological polar surface area (TPSA) is 63.5 Å². The van der Waals surface area contributed by atoms with Gasteiger partial charge in [-0.1, -0.05) is 60.7 Å². The minimum atomic E-state index is -0.427. The largest absolute Gasteiger partial charge is 0.311 e. The second-order valence-corrected chi connectivity index (χ2v) is 6.61. The number of anilines is 1. The molecule has 3 aromatic rings. The van der Waals surface area contributed by atoms with Gasteiger partial charge in [-0.2, -0.15) is 0 Å². The van der Waals surface area contributed by atoms with Gasteiger partial charge in [0.05, 0.1) is 17.0 Å². The van der Waals surface area contributed by atoms with Crippen LogP contribution in [0.15, 0.2) is 72.8 Å². The van der Waals surface area contributed by atoms with E-state index in [1.54, 1.807) is 11.0 Å². The van der Waals surface area contributed by atoms with E-state index in [-0.39, 0.29) is 18.0 Å². The van der Waals surface area contributed by atoms with E-state index in [2.05, 4.69) is 0 Å². The molecule has 1 aliphatic rings. The number of amides is 1. The zero-order valence-corrected chi connectivity index (χ0v) is 14.7. The molecular formula is C22H18N2O3. The van der Waals surface area contributed by atoms with Crippen LogP contribution in [0.1, 0.15) is 11.1 Å². The molecule has 0 aliphatic carbocycles. The van der Waals surface area contributed by atoms with Crippen molar-refractivity contribution in [2.45, 2.75) is 12.8 Å². The van der Waals surface area contributed by atoms with Gasteiger partial charge in [0.1, 0.15) is 0 Å². The van der Waals surface area contributed by atoms with Crippen molar-refractivity contribution in [3.05, 3.63) is 94.0 Å². The Morgan fingerprint density at radius 3 is 2.37 bits per heavy atom. The number of nitro groups is 1. The van der Waals surface area contributed by atoms with E-state index >= 15 is 0 Å². The third-order valence-corrected chi connectivity index (χ3v) is 4.89. The van der Waals surface area contributed by atoms with Crippen LogP contribution in [-0.2, 0) is 17.6 Å². The van der Waals surface area contributed by atoms with E-state index in [0.717, 1.165) is 28.7 Å². The highest BCUT2D eigenvalue weighted by molar-refractivity contribution is 5.97. The molecule has 1 heterocycles. The Morgan fingerprint density at radius 2 is 1.67 bits per heavy atom. The number of fused-ring (bicyclic) bond motifs is 1. The van der Waals surface area contributed by atoms with Gasteiger partial charge in [0.25, 0.3) is 5.69 Å². The summed E-state index contributed by atoms with van der Waals surface area (Å²) in [6.07, 6.45) is 1.00. The lowest BCUT2D eigenvalue weighted by Crippen LogP contribution is -2.30. The molecule has 0 saturated carbocycles. The van der Waals surface area contributed by atoms with Gasteiger partial charge in [0, 0.05) is 18.7 Å². The molecule has 3 aromatic carbocycles. The monoisotopic (exact) mass is 358 g/mol. The first kappa shape index (κ1) is 17.0. The fourth-order valence-electron chi connectivity index (χ4n) is 3.46. The minimum Gasteiger partial charge on any atom is -0.311 e. The van der Waals surface area contributed by atoms with Gasteiger partial charge in [-0.15, -0.1) is 0 Å². The van der Waals surface area contributed by atoms with Gasteiger partial charge in [0.2, 0.25) is 5.91 Å². The Kier molecular flexibility index (Phi) is 4.42. The summed E-state index contributed by atoms with van der Waals surface area (Å²) in [7, 11) is 0. The van der Waals surface area contributed by atoms with Gasteiger partial charge in [0.15, 0.2) is 0 Å². The summed E-state index contributed by atoms with van der Waals surface area (Å²) < 4.78 is 0. The summed E-state index contributed by atoms with van der Waals surface area (Å²) in [5.41, 5.74) is 4.83.